The van der Waals surface area contributed by atoms with Crippen LogP contribution in [0.25, 0.3) is 0 Å². The van der Waals surface area contributed by atoms with Crippen LogP contribution in [-0.2, 0) is 20.9 Å². The zero-order valence-electron chi connectivity index (χ0n) is 18.8. The fourth-order valence-electron chi connectivity index (χ4n) is 2.92. The largest absolute Gasteiger partial charge is 0.444 e. The van der Waals surface area contributed by atoms with Crippen LogP contribution < -0.4 is 10.6 Å². The number of ether oxygens (including phenoxy) is 1. The number of rotatable bonds is 7. The minimum Gasteiger partial charge on any atom is -0.444 e. The van der Waals surface area contributed by atoms with E-state index in [9.17, 15) is 14.4 Å². The van der Waals surface area contributed by atoms with Crippen LogP contribution in [0, 0.1) is 12.3 Å². The molecule has 2 aromatic carbocycles. The van der Waals surface area contributed by atoms with Crippen LogP contribution >= 0.6 is 0 Å². The van der Waals surface area contributed by atoms with Gasteiger partial charge in [-0.3, -0.25) is 9.59 Å². The first-order valence-corrected chi connectivity index (χ1v) is 10.2. The lowest BCUT2D eigenvalue weighted by atomic mass is 10.0. The van der Waals surface area contributed by atoms with Gasteiger partial charge in [0.15, 0.2) is 0 Å². The standard InChI is InChI=1S/C25H29N3O4/c1-6-18-12-14-20(15-13-18)22(23(30)26-16-19-10-8-7-9-11-19)28(5)21(29)17-27-24(31)32-25(2,3)4/h1,7-15,22H,16-17H2,2-5H3,(H,26,30)(H,27,31). The zero-order valence-corrected chi connectivity index (χ0v) is 18.8. The summed E-state index contributed by atoms with van der Waals surface area (Å²) in [6.07, 6.45) is 4.72. The van der Waals surface area contributed by atoms with Crippen LogP contribution in [0.15, 0.2) is 54.6 Å². The lowest BCUT2D eigenvalue weighted by molar-refractivity contribution is -0.138. The molecule has 3 amide bonds. The summed E-state index contributed by atoms with van der Waals surface area (Å²) in [6.45, 7) is 5.20. The summed E-state index contributed by atoms with van der Waals surface area (Å²) in [5.74, 6) is 1.73. The Hall–Kier alpha value is -3.79. The smallest absolute Gasteiger partial charge is 0.408 e. The van der Waals surface area contributed by atoms with Gasteiger partial charge in [-0.15, -0.1) is 6.42 Å². The molecule has 0 spiro atoms. The van der Waals surface area contributed by atoms with E-state index < -0.39 is 23.6 Å². The molecular formula is C25H29N3O4. The van der Waals surface area contributed by atoms with Gasteiger partial charge in [0.25, 0.3) is 0 Å². The van der Waals surface area contributed by atoms with Crippen LogP contribution in [0.5, 0.6) is 0 Å². The number of alkyl carbamates (subject to hydrolysis) is 1. The molecule has 0 aliphatic carbocycles. The molecule has 0 saturated carbocycles. The van der Waals surface area contributed by atoms with E-state index >= 15 is 0 Å². The summed E-state index contributed by atoms with van der Waals surface area (Å²) in [7, 11) is 1.51. The summed E-state index contributed by atoms with van der Waals surface area (Å²) in [6, 6.07) is 15.4. The number of nitrogens with zero attached hydrogens (tertiary/aromatic N) is 1. The lowest BCUT2D eigenvalue weighted by Gasteiger charge is -2.28. The predicted molar refractivity (Wildman–Crippen MR) is 122 cm³/mol. The maximum Gasteiger partial charge on any atom is 0.408 e. The van der Waals surface area contributed by atoms with E-state index in [-0.39, 0.29) is 12.5 Å². The quantitative estimate of drug-likeness (QED) is 0.655. The lowest BCUT2D eigenvalue weighted by Crippen LogP contribution is -2.46. The Kier molecular flexibility index (Phi) is 8.42. The minimum atomic E-state index is -0.904. The van der Waals surface area contributed by atoms with Crippen molar-refractivity contribution in [3.8, 4) is 12.3 Å². The molecule has 7 heteroatoms. The molecule has 2 rings (SSSR count). The van der Waals surface area contributed by atoms with Crippen molar-refractivity contribution >= 4 is 17.9 Å². The summed E-state index contributed by atoms with van der Waals surface area (Å²) >= 11 is 0. The fourth-order valence-corrected chi connectivity index (χ4v) is 2.92. The molecule has 32 heavy (non-hydrogen) atoms. The number of hydrogen-bond acceptors (Lipinski definition) is 4. The molecule has 0 aromatic heterocycles. The maximum atomic E-state index is 13.1. The van der Waals surface area contributed by atoms with Crippen LogP contribution in [0.3, 0.4) is 0 Å². The topological polar surface area (TPSA) is 87.7 Å². The van der Waals surface area contributed by atoms with Gasteiger partial charge in [-0.25, -0.2) is 4.79 Å². The van der Waals surface area contributed by atoms with Gasteiger partial charge < -0.3 is 20.3 Å². The molecule has 7 nitrogen and oxygen atoms in total. The summed E-state index contributed by atoms with van der Waals surface area (Å²) < 4.78 is 5.15. The number of carbonyl (C=O) groups excluding carboxylic acids is 3. The molecule has 0 heterocycles. The zero-order chi connectivity index (χ0) is 23.7. The second-order valence-electron chi connectivity index (χ2n) is 8.23. The summed E-state index contributed by atoms with van der Waals surface area (Å²) in [5, 5.41) is 5.30. The highest BCUT2D eigenvalue weighted by molar-refractivity contribution is 5.90. The second kappa shape index (κ2) is 11.0. The highest BCUT2D eigenvalue weighted by Crippen LogP contribution is 2.21. The van der Waals surface area contributed by atoms with E-state index in [1.54, 1.807) is 45.0 Å². The van der Waals surface area contributed by atoms with Crippen LogP contribution in [0.1, 0.15) is 43.5 Å². The van der Waals surface area contributed by atoms with Crippen molar-refractivity contribution < 1.29 is 19.1 Å². The highest BCUT2D eigenvalue weighted by atomic mass is 16.6. The molecule has 168 valence electrons. The Bertz CT molecular complexity index is 973. The van der Waals surface area contributed by atoms with E-state index in [0.717, 1.165) is 5.56 Å². The van der Waals surface area contributed by atoms with Crippen molar-refractivity contribution in [2.24, 2.45) is 0 Å². The number of benzene rings is 2. The first-order chi connectivity index (χ1) is 15.1. The van der Waals surface area contributed by atoms with Gasteiger partial charge in [-0.05, 0) is 44.0 Å². The van der Waals surface area contributed by atoms with Gasteiger partial charge in [0.05, 0.1) is 0 Å². The van der Waals surface area contributed by atoms with Gasteiger partial charge >= 0.3 is 6.09 Å². The third-order valence-electron chi connectivity index (χ3n) is 4.51. The van der Waals surface area contributed by atoms with E-state index in [0.29, 0.717) is 17.7 Å². The fraction of sp³-hybridized carbons (Fsp3) is 0.320. The Morgan fingerprint density at radius 1 is 1.03 bits per heavy atom. The molecule has 0 aliphatic rings. The van der Waals surface area contributed by atoms with Crippen molar-refractivity contribution in [3.05, 3.63) is 71.3 Å². The number of amides is 3. The predicted octanol–water partition coefficient (Wildman–Crippen LogP) is 3.01. The monoisotopic (exact) mass is 435 g/mol. The van der Waals surface area contributed by atoms with Crippen LogP contribution in [0.4, 0.5) is 4.79 Å². The molecule has 1 atom stereocenters. The van der Waals surface area contributed by atoms with E-state index in [2.05, 4.69) is 16.6 Å². The average Bonchev–Trinajstić information content (AvgIpc) is 2.76. The Morgan fingerprint density at radius 2 is 1.66 bits per heavy atom. The third-order valence-corrected chi connectivity index (χ3v) is 4.51. The van der Waals surface area contributed by atoms with Gasteiger partial charge in [-0.1, -0.05) is 48.4 Å². The first kappa shape index (κ1) is 24.5. The molecule has 2 aromatic rings. The van der Waals surface area contributed by atoms with Crippen LogP contribution in [0.2, 0.25) is 0 Å². The van der Waals surface area contributed by atoms with Crippen LogP contribution in [-0.4, -0.2) is 42.0 Å². The molecule has 0 radical (unpaired) electrons. The van der Waals surface area contributed by atoms with E-state index in [4.69, 9.17) is 11.2 Å². The van der Waals surface area contributed by atoms with Crippen molar-refractivity contribution in [2.75, 3.05) is 13.6 Å². The van der Waals surface area contributed by atoms with Gasteiger partial charge in [0.1, 0.15) is 18.2 Å². The SMILES string of the molecule is C#Cc1ccc(C(C(=O)NCc2ccccc2)N(C)C(=O)CNC(=O)OC(C)(C)C)cc1. The second-order valence-corrected chi connectivity index (χ2v) is 8.23. The van der Waals surface area contributed by atoms with Gasteiger partial charge in [0, 0.05) is 19.2 Å². The van der Waals surface area contributed by atoms with Crippen molar-refractivity contribution in [1.29, 1.82) is 0 Å². The van der Waals surface area contributed by atoms with Crippen molar-refractivity contribution in [2.45, 2.75) is 39.0 Å². The normalized spacial score (nSPS) is 11.6. The Labute approximate surface area is 189 Å². The molecule has 0 bridgehead atoms. The molecular weight excluding hydrogens is 406 g/mol. The number of nitrogens with one attached hydrogen (secondary N) is 2. The number of hydrogen-bond donors (Lipinski definition) is 2. The van der Waals surface area contributed by atoms with Crippen molar-refractivity contribution in [3.63, 3.8) is 0 Å². The third kappa shape index (κ3) is 7.47. The Balaban J connectivity index is 2.15. The minimum absolute atomic E-state index is 0.309. The number of likely N-dealkylation sites (N-methyl/N-ethyl adjacent to an activating group) is 1. The van der Waals surface area contributed by atoms with E-state index in [1.807, 2.05) is 30.3 Å². The van der Waals surface area contributed by atoms with Gasteiger partial charge in [0.2, 0.25) is 11.8 Å². The maximum absolute atomic E-state index is 13.1. The number of terminal acetylenes is 1. The summed E-state index contributed by atoms with van der Waals surface area (Å²) in [5.41, 5.74) is 1.51. The Morgan fingerprint density at radius 3 is 2.22 bits per heavy atom. The highest BCUT2D eigenvalue weighted by Gasteiger charge is 2.29. The molecule has 1 unspecified atom stereocenters. The molecule has 2 N–H and O–H groups in total. The number of carbonyl (C=O) groups is 3. The van der Waals surface area contributed by atoms with E-state index in [1.165, 1.54) is 11.9 Å². The molecule has 0 saturated heterocycles. The average molecular weight is 436 g/mol. The molecule has 0 aliphatic heterocycles. The first-order valence-electron chi connectivity index (χ1n) is 10.2. The molecule has 0 fully saturated rings. The van der Waals surface area contributed by atoms with Gasteiger partial charge in [-0.2, -0.15) is 0 Å². The van der Waals surface area contributed by atoms with Crippen molar-refractivity contribution in [1.82, 2.24) is 15.5 Å². The summed E-state index contributed by atoms with van der Waals surface area (Å²) in [4.78, 5) is 39.0.